The fourth-order valence-electron chi connectivity index (χ4n) is 3.20. The van der Waals surface area contributed by atoms with E-state index in [-0.39, 0.29) is 12.4 Å². The van der Waals surface area contributed by atoms with Crippen molar-refractivity contribution >= 4 is 11.8 Å². The van der Waals surface area contributed by atoms with Crippen molar-refractivity contribution < 1.29 is 23.8 Å². The van der Waals surface area contributed by atoms with E-state index in [4.69, 9.17) is 14.2 Å². The molecule has 1 aliphatic carbocycles. The molecule has 1 aromatic rings. The third kappa shape index (κ3) is 5.55. The lowest BCUT2D eigenvalue weighted by atomic mass is 9.73. The zero-order valence-electron chi connectivity index (χ0n) is 17.0. The number of Topliss-reactive ketones (excluding diaryl/α,β-unsaturated/α-hetero) is 1. The highest BCUT2D eigenvalue weighted by Gasteiger charge is 2.47. The van der Waals surface area contributed by atoms with Crippen molar-refractivity contribution in [3.05, 3.63) is 59.4 Å². The number of carbonyl (C=O) groups is 2. The molecule has 0 saturated heterocycles. The second kappa shape index (κ2) is 10.8. The van der Waals surface area contributed by atoms with Crippen LogP contribution in [0.25, 0.3) is 0 Å². The van der Waals surface area contributed by atoms with Crippen molar-refractivity contribution in [2.45, 2.75) is 46.6 Å². The van der Waals surface area contributed by atoms with E-state index in [0.717, 1.165) is 5.56 Å². The molecule has 0 saturated carbocycles. The molecule has 0 N–H and O–H groups in total. The molecule has 28 heavy (non-hydrogen) atoms. The Kier molecular flexibility index (Phi) is 8.45. The minimum atomic E-state index is -1.14. The summed E-state index contributed by atoms with van der Waals surface area (Å²) in [7, 11) is 0. The van der Waals surface area contributed by atoms with E-state index < -0.39 is 11.4 Å². The van der Waals surface area contributed by atoms with Crippen LogP contribution in [0.2, 0.25) is 0 Å². The van der Waals surface area contributed by atoms with E-state index in [1.165, 1.54) is 0 Å². The molecule has 0 aliphatic heterocycles. The highest BCUT2D eigenvalue weighted by atomic mass is 16.5. The number of ketones is 1. The van der Waals surface area contributed by atoms with Crippen molar-refractivity contribution in [3.63, 3.8) is 0 Å². The molecule has 0 amide bonds. The Balaban J connectivity index is 1.98. The van der Waals surface area contributed by atoms with Crippen LogP contribution in [0.4, 0.5) is 0 Å². The zero-order valence-corrected chi connectivity index (χ0v) is 17.0. The van der Waals surface area contributed by atoms with Gasteiger partial charge >= 0.3 is 5.97 Å². The van der Waals surface area contributed by atoms with Crippen LogP contribution in [0.5, 0.6) is 0 Å². The predicted octanol–water partition coefficient (Wildman–Crippen LogP) is 4.37. The lowest BCUT2D eigenvalue weighted by Crippen LogP contribution is -2.42. The van der Waals surface area contributed by atoms with Gasteiger partial charge in [0.2, 0.25) is 0 Å². The Morgan fingerprint density at radius 2 is 1.89 bits per heavy atom. The number of ether oxygens (including phenoxy) is 3. The number of hydrogen-bond donors (Lipinski definition) is 0. The molecule has 0 fully saturated rings. The lowest BCUT2D eigenvalue weighted by Gasteiger charge is -2.32. The first-order valence-corrected chi connectivity index (χ1v) is 9.86. The average molecular weight is 386 g/mol. The molecule has 5 nitrogen and oxygen atoms in total. The van der Waals surface area contributed by atoms with Crippen molar-refractivity contribution in [3.8, 4) is 0 Å². The second-order valence-corrected chi connectivity index (χ2v) is 6.89. The van der Waals surface area contributed by atoms with E-state index in [1.807, 2.05) is 49.4 Å². The molecular formula is C23H30O5. The van der Waals surface area contributed by atoms with Crippen LogP contribution >= 0.6 is 0 Å². The Morgan fingerprint density at radius 1 is 1.14 bits per heavy atom. The van der Waals surface area contributed by atoms with Gasteiger partial charge in [-0.2, -0.15) is 0 Å². The van der Waals surface area contributed by atoms with Gasteiger partial charge in [0, 0.05) is 12.0 Å². The molecule has 0 radical (unpaired) electrons. The summed E-state index contributed by atoms with van der Waals surface area (Å²) < 4.78 is 16.4. The highest BCUT2D eigenvalue weighted by molar-refractivity contribution is 6.12. The second-order valence-electron chi connectivity index (χ2n) is 6.89. The molecule has 1 atom stereocenters. The third-order valence-corrected chi connectivity index (χ3v) is 4.82. The summed E-state index contributed by atoms with van der Waals surface area (Å²) in [6.45, 7) is 7.05. The first-order chi connectivity index (χ1) is 13.5. The topological polar surface area (TPSA) is 61.8 Å². The molecule has 1 unspecified atom stereocenters. The predicted molar refractivity (Wildman–Crippen MR) is 107 cm³/mol. The maximum absolute atomic E-state index is 13.0. The summed E-state index contributed by atoms with van der Waals surface area (Å²) in [5.41, 5.74) is 0.539. The fraction of sp³-hybridized carbons (Fsp3) is 0.478. The van der Waals surface area contributed by atoms with Crippen LogP contribution in [0.1, 0.15) is 45.6 Å². The number of allylic oxidation sites excluding steroid dienone is 3. The number of esters is 1. The Bertz CT molecular complexity index is 720. The van der Waals surface area contributed by atoms with Crippen LogP contribution in [0.15, 0.2) is 53.8 Å². The quantitative estimate of drug-likeness (QED) is 0.259. The molecule has 1 aromatic carbocycles. The number of carbonyl (C=O) groups excluding carboxylic acids is 2. The smallest absolute Gasteiger partial charge is 0.319 e. The summed E-state index contributed by atoms with van der Waals surface area (Å²) >= 11 is 0. The third-order valence-electron chi connectivity index (χ3n) is 4.82. The van der Waals surface area contributed by atoms with Gasteiger partial charge in [0.15, 0.2) is 5.78 Å². The van der Waals surface area contributed by atoms with E-state index >= 15 is 0 Å². The molecule has 0 aromatic heterocycles. The number of hydrogen-bond acceptors (Lipinski definition) is 5. The standard InChI is InChI=1S/C23H30O5/c1-4-27-20-14-15-23(3,22(25)28-5-2)21(24)19(20)13-9-10-16-26-17-18-11-7-6-8-12-18/h6-12H,4-5,13-17H2,1-3H3/b10-9-. The normalized spacial score (nSPS) is 19.9. The largest absolute Gasteiger partial charge is 0.498 e. The highest BCUT2D eigenvalue weighted by Crippen LogP contribution is 2.39. The van der Waals surface area contributed by atoms with Gasteiger partial charge in [-0.1, -0.05) is 42.5 Å². The maximum Gasteiger partial charge on any atom is 0.319 e. The van der Waals surface area contributed by atoms with Crippen LogP contribution < -0.4 is 0 Å². The van der Waals surface area contributed by atoms with Gasteiger partial charge in [-0.05, 0) is 39.2 Å². The number of rotatable bonds is 10. The van der Waals surface area contributed by atoms with Gasteiger partial charge in [-0.25, -0.2) is 0 Å². The van der Waals surface area contributed by atoms with Crippen molar-refractivity contribution in [2.24, 2.45) is 5.41 Å². The SMILES string of the molecule is CCOC(=O)C1(C)CCC(OCC)=C(C/C=C\COCc2ccccc2)C1=O. The fourth-order valence-corrected chi connectivity index (χ4v) is 3.20. The average Bonchev–Trinajstić information content (AvgIpc) is 2.70. The molecule has 2 rings (SSSR count). The van der Waals surface area contributed by atoms with Gasteiger partial charge in [0.1, 0.15) is 11.2 Å². The molecule has 5 heteroatoms. The summed E-state index contributed by atoms with van der Waals surface area (Å²) in [5.74, 6) is 0.0304. The molecule has 0 bridgehead atoms. The van der Waals surface area contributed by atoms with E-state index in [9.17, 15) is 9.59 Å². The molecule has 0 heterocycles. The summed E-state index contributed by atoms with van der Waals surface area (Å²) in [6, 6.07) is 9.95. The summed E-state index contributed by atoms with van der Waals surface area (Å²) in [4.78, 5) is 25.4. The van der Waals surface area contributed by atoms with E-state index in [0.29, 0.717) is 50.4 Å². The van der Waals surface area contributed by atoms with Gasteiger partial charge in [0.05, 0.1) is 26.4 Å². The monoisotopic (exact) mass is 386 g/mol. The van der Waals surface area contributed by atoms with Crippen LogP contribution in [-0.4, -0.2) is 31.6 Å². The van der Waals surface area contributed by atoms with E-state index in [1.54, 1.807) is 13.8 Å². The lowest BCUT2D eigenvalue weighted by molar-refractivity contribution is -0.159. The van der Waals surface area contributed by atoms with E-state index in [2.05, 4.69) is 0 Å². The van der Waals surface area contributed by atoms with Crippen LogP contribution in [0, 0.1) is 5.41 Å². The molecule has 1 aliphatic rings. The minimum Gasteiger partial charge on any atom is -0.498 e. The minimum absolute atomic E-state index is 0.199. The van der Waals surface area contributed by atoms with Crippen molar-refractivity contribution in [1.29, 1.82) is 0 Å². The van der Waals surface area contributed by atoms with Crippen molar-refractivity contribution in [1.82, 2.24) is 0 Å². The zero-order chi connectivity index (χ0) is 20.4. The van der Waals surface area contributed by atoms with Gasteiger partial charge in [0.25, 0.3) is 0 Å². The molecule has 152 valence electrons. The summed E-state index contributed by atoms with van der Waals surface area (Å²) in [5, 5.41) is 0. The Morgan fingerprint density at radius 3 is 2.57 bits per heavy atom. The summed E-state index contributed by atoms with van der Waals surface area (Å²) in [6.07, 6.45) is 5.17. The van der Waals surface area contributed by atoms with Gasteiger partial charge < -0.3 is 14.2 Å². The molecular weight excluding hydrogens is 356 g/mol. The first kappa shape index (κ1) is 21.9. The Hall–Kier alpha value is -2.40. The molecule has 0 spiro atoms. The maximum atomic E-state index is 13.0. The first-order valence-electron chi connectivity index (χ1n) is 9.86. The van der Waals surface area contributed by atoms with Crippen molar-refractivity contribution in [2.75, 3.05) is 19.8 Å². The van der Waals surface area contributed by atoms with Gasteiger partial charge in [-0.3, -0.25) is 9.59 Å². The van der Waals surface area contributed by atoms with Crippen LogP contribution in [-0.2, 0) is 30.4 Å². The Labute approximate surface area is 167 Å². The van der Waals surface area contributed by atoms with Crippen LogP contribution in [0.3, 0.4) is 0 Å². The van der Waals surface area contributed by atoms with Gasteiger partial charge in [-0.15, -0.1) is 0 Å². The number of benzene rings is 1.